The number of nitrogens with two attached hydrogens (primary N) is 1. The quantitative estimate of drug-likeness (QED) is 0.434. The maximum Gasteiger partial charge on any atom is 0.310 e. The molecule has 2 N–H and O–H groups in total. The second kappa shape index (κ2) is 14.6. The lowest BCUT2D eigenvalue weighted by Crippen LogP contribution is -2.03. The Balaban J connectivity index is -0.000000163. The van der Waals surface area contributed by atoms with E-state index in [1.54, 1.807) is 0 Å². The second-order valence-electron chi connectivity index (χ2n) is 2.58. The average Bonchev–Trinajstić information content (AvgIpc) is 1.99. The highest BCUT2D eigenvalue weighted by Crippen LogP contribution is 1.88. The van der Waals surface area contributed by atoms with Gasteiger partial charge in [0.25, 0.3) is 0 Å². The molecule has 86 valence electrons. The third-order valence-corrected chi connectivity index (χ3v) is 1.10. The Hall–Kier alpha value is -0.900. The first kappa shape index (κ1) is 18.8. The highest BCUT2D eigenvalue weighted by Gasteiger charge is 1.93. The summed E-state index contributed by atoms with van der Waals surface area (Å²) in [6.07, 6.45) is 3.75. The Kier molecular flexibility index (Phi) is 19.6. The zero-order valence-electron chi connectivity index (χ0n) is 8.63. The first-order valence-corrected chi connectivity index (χ1v) is 4.43. The van der Waals surface area contributed by atoms with Crippen molar-refractivity contribution in [2.45, 2.75) is 47.5 Å². The lowest BCUT2D eigenvalue weighted by atomic mass is 10.3. The molecule has 0 fully saturated rings. The van der Waals surface area contributed by atoms with Crippen molar-refractivity contribution < 1.29 is 14.3 Å². The van der Waals surface area contributed by atoms with Crippen LogP contribution in [0, 0.1) is 0 Å². The van der Waals surface area contributed by atoms with E-state index < -0.39 is 11.9 Å². The van der Waals surface area contributed by atoms with Crippen LogP contribution in [0.15, 0.2) is 0 Å². The molecule has 0 unspecified atom stereocenters. The van der Waals surface area contributed by atoms with Gasteiger partial charge in [0.15, 0.2) is 0 Å². The van der Waals surface area contributed by atoms with Crippen LogP contribution in [0.2, 0.25) is 0 Å². The molecule has 0 aromatic heterocycles. The summed E-state index contributed by atoms with van der Waals surface area (Å²) in [6.45, 7) is 5.40. The monoisotopic (exact) mass is 205 g/mol. The van der Waals surface area contributed by atoms with E-state index in [1.807, 2.05) is 0 Å². The molecule has 4 heteroatoms. The maximum atomic E-state index is 9.81. The van der Waals surface area contributed by atoms with Crippen molar-refractivity contribution in [3.05, 3.63) is 0 Å². The molecule has 4 nitrogen and oxygen atoms in total. The van der Waals surface area contributed by atoms with Crippen molar-refractivity contribution in [1.29, 1.82) is 0 Å². The number of unbranched alkanes of at least 4 members (excludes halogenated alkanes) is 2. The van der Waals surface area contributed by atoms with Crippen LogP contribution in [-0.2, 0) is 14.3 Å². The molecular formula is C10H23NO3. The van der Waals surface area contributed by atoms with Crippen LogP contribution in [0.5, 0.6) is 0 Å². The summed E-state index contributed by atoms with van der Waals surface area (Å²) in [7, 11) is 0. The number of hydrogen-bond acceptors (Lipinski definition) is 4. The molecule has 0 aliphatic heterocycles. The van der Waals surface area contributed by atoms with E-state index in [1.165, 1.54) is 33.1 Å². The van der Waals surface area contributed by atoms with Gasteiger partial charge in [-0.15, -0.1) is 0 Å². The zero-order valence-corrected chi connectivity index (χ0v) is 8.63. The van der Waals surface area contributed by atoms with E-state index in [0.717, 1.165) is 6.54 Å². The summed E-state index contributed by atoms with van der Waals surface area (Å²) < 4.78 is 3.97. The standard InChI is InChI=1S/C5H13N.C4H6O3.CH4/c1-2-3-4-5-6;1-3(5)7-4(2)6;/h2-6H2,1H3;1-2H3;1H4. The number of carbonyl (C=O) groups is 2. The van der Waals surface area contributed by atoms with Gasteiger partial charge in [-0.25, -0.2) is 0 Å². The van der Waals surface area contributed by atoms with Crippen molar-refractivity contribution in [1.82, 2.24) is 0 Å². The molecule has 0 aliphatic carbocycles. The van der Waals surface area contributed by atoms with Crippen LogP contribution in [0.4, 0.5) is 0 Å². The molecule has 0 aromatic rings. The smallest absolute Gasteiger partial charge is 0.310 e. The second-order valence-corrected chi connectivity index (χ2v) is 2.58. The number of carbonyl (C=O) groups excluding carboxylic acids is 2. The minimum Gasteiger partial charge on any atom is -0.394 e. The lowest BCUT2D eigenvalue weighted by Gasteiger charge is -1.87. The summed E-state index contributed by atoms with van der Waals surface area (Å²) in [4.78, 5) is 19.6. The normalized spacial score (nSPS) is 7.71. The molecule has 0 rings (SSSR count). The molecule has 0 heterocycles. The Morgan fingerprint density at radius 2 is 1.57 bits per heavy atom. The van der Waals surface area contributed by atoms with Crippen LogP contribution in [0.25, 0.3) is 0 Å². The summed E-state index contributed by atoms with van der Waals surface area (Å²) in [5.74, 6) is -1.12. The number of ether oxygens (including phenoxy) is 1. The van der Waals surface area contributed by atoms with Crippen LogP contribution in [0.3, 0.4) is 0 Å². The van der Waals surface area contributed by atoms with Crippen molar-refractivity contribution in [3.63, 3.8) is 0 Å². The SMILES string of the molecule is C.CC(=O)OC(C)=O.CCCCCN. The summed E-state index contributed by atoms with van der Waals surface area (Å²) in [6, 6.07) is 0. The van der Waals surface area contributed by atoms with Gasteiger partial charge < -0.3 is 10.5 Å². The first-order valence-electron chi connectivity index (χ1n) is 4.43. The fourth-order valence-corrected chi connectivity index (χ4v) is 0.597. The van der Waals surface area contributed by atoms with Gasteiger partial charge in [0.1, 0.15) is 0 Å². The number of esters is 2. The van der Waals surface area contributed by atoms with Gasteiger partial charge in [-0.05, 0) is 13.0 Å². The van der Waals surface area contributed by atoms with E-state index in [0.29, 0.717) is 0 Å². The van der Waals surface area contributed by atoms with E-state index in [2.05, 4.69) is 11.7 Å². The minimum absolute atomic E-state index is 0. The average molecular weight is 205 g/mol. The third-order valence-electron chi connectivity index (χ3n) is 1.10. The molecule has 0 aliphatic rings. The first-order chi connectivity index (χ1) is 6.04. The van der Waals surface area contributed by atoms with E-state index in [9.17, 15) is 9.59 Å². The van der Waals surface area contributed by atoms with Gasteiger partial charge in [0, 0.05) is 13.8 Å². The zero-order chi connectivity index (χ0) is 10.7. The van der Waals surface area contributed by atoms with Gasteiger partial charge in [-0.3, -0.25) is 9.59 Å². The molecule has 14 heavy (non-hydrogen) atoms. The molecular weight excluding hydrogens is 182 g/mol. The summed E-state index contributed by atoms with van der Waals surface area (Å²) in [5, 5.41) is 0. The fourth-order valence-electron chi connectivity index (χ4n) is 0.597. The topological polar surface area (TPSA) is 69.4 Å². The van der Waals surface area contributed by atoms with Crippen LogP contribution >= 0.6 is 0 Å². The summed E-state index contributed by atoms with van der Waals surface area (Å²) >= 11 is 0. The Bertz CT molecular complexity index is 130. The van der Waals surface area contributed by atoms with Gasteiger partial charge in [-0.2, -0.15) is 0 Å². The number of rotatable bonds is 3. The van der Waals surface area contributed by atoms with Gasteiger partial charge in [-0.1, -0.05) is 27.2 Å². The largest absolute Gasteiger partial charge is 0.394 e. The Labute approximate surface area is 86.8 Å². The van der Waals surface area contributed by atoms with Crippen molar-refractivity contribution >= 4 is 11.9 Å². The number of hydrogen-bond donors (Lipinski definition) is 1. The maximum absolute atomic E-state index is 9.81. The van der Waals surface area contributed by atoms with Crippen molar-refractivity contribution in [2.75, 3.05) is 6.54 Å². The van der Waals surface area contributed by atoms with E-state index in [-0.39, 0.29) is 7.43 Å². The fraction of sp³-hybridized carbons (Fsp3) is 0.800. The molecule has 0 bridgehead atoms. The van der Waals surface area contributed by atoms with Gasteiger partial charge in [0.2, 0.25) is 0 Å². The van der Waals surface area contributed by atoms with E-state index >= 15 is 0 Å². The molecule has 0 atom stereocenters. The van der Waals surface area contributed by atoms with Gasteiger partial charge >= 0.3 is 11.9 Å². The summed E-state index contributed by atoms with van der Waals surface area (Å²) in [5.41, 5.74) is 5.21. The highest BCUT2D eigenvalue weighted by atomic mass is 16.6. The van der Waals surface area contributed by atoms with E-state index in [4.69, 9.17) is 5.73 Å². The molecule has 0 radical (unpaired) electrons. The highest BCUT2D eigenvalue weighted by molar-refractivity contribution is 5.82. The Morgan fingerprint density at radius 3 is 1.64 bits per heavy atom. The van der Waals surface area contributed by atoms with Crippen LogP contribution in [-0.4, -0.2) is 18.5 Å². The molecule has 0 spiro atoms. The third kappa shape index (κ3) is 30.4. The minimum atomic E-state index is -0.562. The predicted octanol–water partition coefficient (Wildman–Crippen LogP) is 1.87. The molecule has 0 aromatic carbocycles. The predicted molar refractivity (Wildman–Crippen MR) is 57.8 cm³/mol. The van der Waals surface area contributed by atoms with Crippen molar-refractivity contribution in [3.8, 4) is 0 Å². The van der Waals surface area contributed by atoms with Crippen molar-refractivity contribution in [2.24, 2.45) is 5.73 Å². The molecule has 0 saturated heterocycles. The Morgan fingerprint density at radius 1 is 1.14 bits per heavy atom. The molecule has 0 saturated carbocycles. The molecule has 0 amide bonds. The lowest BCUT2D eigenvalue weighted by molar-refractivity contribution is -0.156. The van der Waals surface area contributed by atoms with Gasteiger partial charge in [0.05, 0.1) is 0 Å². The van der Waals surface area contributed by atoms with Crippen LogP contribution in [0.1, 0.15) is 47.5 Å². The van der Waals surface area contributed by atoms with Crippen LogP contribution < -0.4 is 5.73 Å².